The Balaban J connectivity index is 2.79. The van der Waals surface area contributed by atoms with Crippen molar-refractivity contribution in [2.24, 2.45) is 5.73 Å². The summed E-state index contributed by atoms with van der Waals surface area (Å²) in [5.41, 5.74) is 6.23. The summed E-state index contributed by atoms with van der Waals surface area (Å²) >= 11 is 0. The number of hydrogen-bond donors (Lipinski definition) is 2. The molecule has 4 heteroatoms. The Bertz CT molecular complexity index is 259. The van der Waals surface area contributed by atoms with E-state index in [2.05, 4.69) is 4.98 Å². The van der Waals surface area contributed by atoms with Crippen LogP contribution in [0.15, 0.2) is 18.3 Å². The van der Waals surface area contributed by atoms with Crippen LogP contribution < -0.4 is 10.5 Å². The summed E-state index contributed by atoms with van der Waals surface area (Å²) < 4.78 is 4.89. The van der Waals surface area contributed by atoms with Gasteiger partial charge in [0.15, 0.2) is 0 Å². The Morgan fingerprint density at radius 1 is 1.54 bits per heavy atom. The molecule has 72 valence electrons. The number of aliphatic hydroxyl groups is 1. The highest BCUT2D eigenvalue weighted by Crippen LogP contribution is 2.16. The van der Waals surface area contributed by atoms with E-state index < -0.39 is 6.10 Å². The molecule has 0 aliphatic heterocycles. The van der Waals surface area contributed by atoms with Crippen LogP contribution in [0.5, 0.6) is 5.88 Å². The minimum Gasteiger partial charge on any atom is -0.481 e. The monoisotopic (exact) mass is 182 g/mol. The molecule has 0 saturated heterocycles. The van der Waals surface area contributed by atoms with E-state index in [1.807, 2.05) is 0 Å². The Morgan fingerprint density at radius 3 is 2.62 bits per heavy atom. The predicted molar refractivity (Wildman–Crippen MR) is 49.4 cm³/mol. The van der Waals surface area contributed by atoms with Gasteiger partial charge in [-0.15, -0.1) is 0 Å². The second-order valence-electron chi connectivity index (χ2n) is 2.94. The van der Waals surface area contributed by atoms with Crippen LogP contribution in [0.25, 0.3) is 0 Å². The lowest BCUT2D eigenvalue weighted by molar-refractivity contribution is 0.153. The van der Waals surface area contributed by atoms with Crippen LogP contribution in [-0.4, -0.2) is 23.2 Å². The summed E-state index contributed by atoms with van der Waals surface area (Å²) in [6.45, 7) is 1.74. The van der Waals surface area contributed by atoms with Gasteiger partial charge >= 0.3 is 0 Å². The fourth-order valence-electron chi connectivity index (χ4n) is 0.991. The second kappa shape index (κ2) is 4.20. The van der Waals surface area contributed by atoms with E-state index in [-0.39, 0.29) is 6.04 Å². The summed E-state index contributed by atoms with van der Waals surface area (Å²) in [5.74, 6) is 0.528. The lowest BCUT2D eigenvalue weighted by Crippen LogP contribution is -2.24. The van der Waals surface area contributed by atoms with Gasteiger partial charge in [-0.2, -0.15) is 0 Å². The molecule has 0 aliphatic carbocycles. The van der Waals surface area contributed by atoms with Crippen LogP contribution in [0.2, 0.25) is 0 Å². The summed E-state index contributed by atoms with van der Waals surface area (Å²) in [6.07, 6.45) is 0.894. The first-order valence-corrected chi connectivity index (χ1v) is 4.08. The van der Waals surface area contributed by atoms with Crippen molar-refractivity contribution in [2.45, 2.75) is 19.1 Å². The van der Waals surface area contributed by atoms with Gasteiger partial charge in [-0.1, -0.05) is 0 Å². The molecule has 0 spiro atoms. The zero-order valence-corrected chi connectivity index (χ0v) is 7.77. The molecule has 0 fully saturated rings. The van der Waals surface area contributed by atoms with Gasteiger partial charge in [0.1, 0.15) is 0 Å². The van der Waals surface area contributed by atoms with E-state index in [1.54, 1.807) is 32.4 Å². The SMILES string of the molecule is COc1ccc([C@H](O)[C@H](C)N)cn1. The number of ether oxygens (including phenoxy) is 1. The quantitative estimate of drug-likeness (QED) is 0.713. The van der Waals surface area contributed by atoms with Crippen LogP contribution in [-0.2, 0) is 0 Å². The minimum absolute atomic E-state index is 0.296. The Hall–Kier alpha value is -1.13. The van der Waals surface area contributed by atoms with E-state index in [0.29, 0.717) is 11.4 Å². The van der Waals surface area contributed by atoms with Crippen molar-refractivity contribution in [3.8, 4) is 5.88 Å². The van der Waals surface area contributed by atoms with E-state index in [0.717, 1.165) is 0 Å². The average Bonchev–Trinajstić information content (AvgIpc) is 2.17. The lowest BCUT2D eigenvalue weighted by Gasteiger charge is -2.14. The number of hydrogen-bond acceptors (Lipinski definition) is 4. The van der Waals surface area contributed by atoms with Crippen molar-refractivity contribution in [2.75, 3.05) is 7.11 Å². The van der Waals surface area contributed by atoms with Crippen LogP contribution in [0.3, 0.4) is 0 Å². The summed E-state index contributed by atoms with van der Waals surface area (Å²) in [7, 11) is 1.55. The molecule has 0 amide bonds. The maximum absolute atomic E-state index is 9.56. The largest absolute Gasteiger partial charge is 0.481 e. The minimum atomic E-state index is -0.668. The Labute approximate surface area is 77.4 Å². The number of rotatable bonds is 3. The van der Waals surface area contributed by atoms with Crippen molar-refractivity contribution in [1.29, 1.82) is 0 Å². The smallest absolute Gasteiger partial charge is 0.212 e. The van der Waals surface area contributed by atoms with Crippen molar-refractivity contribution in [1.82, 2.24) is 4.98 Å². The van der Waals surface area contributed by atoms with Crippen LogP contribution in [0.4, 0.5) is 0 Å². The summed E-state index contributed by atoms with van der Waals surface area (Å²) in [4.78, 5) is 3.96. The second-order valence-corrected chi connectivity index (χ2v) is 2.94. The molecule has 0 aliphatic rings. The third kappa shape index (κ3) is 2.40. The molecule has 1 rings (SSSR count). The van der Waals surface area contributed by atoms with E-state index in [9.17, 15) is 5.11 Å². The molecule has 13 heavy (non-hydrogen) atoms. The molecule has 1 heterocycles. The first kappa shape index (κ1) is 9.95. The number of aromatic nitrogens is 1. The fraction of sp³-hybridized carbons (Fsp3) is 0.444. The third-order valence-corrected chi connectivity index (χ3v) is 1.81. The van der Waals surface area contributed by atoms with Crippen molar-refractivity contribution in [3.05, 3.63) is 23.9 Å². The summed E-state index contributed by atoms with van der Waals surface area (Å²) in [5, 5.41) is 9.56. The molecular weight excluding hydrogens is 168 g/mol. The van der Waals surface area contributed by atoms with Crippen molar-refractivity contribution < 1.29 is 9.84 Å². The maximum atomic E-state index is 9.56. The van der Waals surface area contributed by atoms with Gasteiger partial charge in [0.05, 0.1) is 13.2 Å². The molecule has 0 unspecified atom stereocenters. The average molecular weight is 182 g/mol. The van der Waals surface area contributed by atoms with E-state index in [1.165, 1.54) is 0 Å². The van der Waals surface area contributed by atoms with Gasteiger partial charge in [0.25, 0.3) is 0 Å². The van der Waals surface area contributed by atoms with E-state index >= 15 is 0 Å². The molecule has 0 bridgehead atoms. The van der Waals surface area contributed by atoms with Crippen molar-refractivity contribution in [3.63, 3.8) is 0 Å². The molecule has 4 nitrogen and oxygen atoms in total. The first-order chi connectivity index (χ1) is 6.15. The Kier molecular flexibility index (Phi) is 3.22. The van der Waals surface area contributed by atoms with Crippen LogP contribution >= 0.6 is 0 Å². The number of methoxy groups -OCH3 is 1. The molecule has 0 aromatic carbocycles. The highest BCUT2D eigenvalue weighted by atomic mass is 16.5. The zero-order chi connectivity index (χ0) is 9.84. The highest BCUT2D eigenvalue weighted by Gasteiger charge is 2.12. The fourth-order valence-corrected chi connectivity index (χ4v) is 0.991. The molecule has 0 saturated carbocycles. The number of nitrogens with zero attached hydrogens (tertiary/aromatic N) is 1. The number of pyridine rings is 1. The van der Waals surface area contributed by atoms with Gasteiger partial charge < -0.3 is 15.6 Å². The zero-order valence-electron chi connectivity index (χ0n) is 7.77. The molecule has 1 aromatic rings. The van der Waals surface area contributed by atoms with Crippen LogP contribution in [0, 0.1) is 0 Å². The Morgan fingerprint density at radius 2 is 2.23 bits per heavy atom. The normalized spacial score (nSPS) is 15.1. The van der Waals surface area contributed by atoms with Gasteiger partial charge in [0, 0.05) is 23.9 Å². The van der Waals surface area contributed by atoms with Gasteiger partial charge in [0.2, 0.25) is 5.88 Å². The van der Waals surface area contributed by atoms with Gasteiger partial charge in [-0.05, 0) is 13.0 Å². The highest BCUT2D eigenvalue weighted by molar-refractivity contribution is 5.20. The number of aliphatic hydroxyl groups excluding tert-OH is 1. The van der Waals surface area contributed by atoms with Crippen molar-refractivity contribution >= 4 is 0 Å². The van der Waals surface area contributed by atoms with E-state index in [4.69, 9.17) is 10.5 Å². The van der Waals surface area contributed by atoms with Gasteiger partial charge in [-0.25, -0.2) is 4.98 Å². The predicted octanol–water partition coefficient (Wildman–Crippen LogP) is 0.471. The number of nitrogens with two attached hydrogens (primary N) is 1. The lowest BCUT2D eigenvalue weighted by atomic mass is 10.1. The summed E-state index contributed by atoms with van der Waals surface area (Å²) in [6, 6.07) is 3.15. The maximum Gasteiger partial charge on any atom is 0.212 e. The third-order valence-electron chi connectivity index (χ3n) is 1.81. The molecular formula is C9H14N2O2. The van der Waals surface area contributed by atoms with Crippen LogP contribution in [0.1, 0.15) is 18.6 Å². The topological polar surface area (TPSA) is 68.4 Å². The molecule has 3 N–H and O–H groups in total. The first-order valence-electron chi connectivity index (χ1n) is 4.08. The molecule has 2 atom stereocenters. The molecule has 1 aromatic heterocycles. The standard InChI is InChI=1S/C9H14N2O2/c1-6(10)9(12)7-3-4-8(13-2)11-5-7/h3-6,9,12H,10H2,1-2H3/t6-,9+/m0/s1. The van der Waals surface area contributed by atoms with Gasteiger partial charge in [-0.3, -0.25) is 0 Å². The molecule has 0 radical (unpaired) electrons.